The number of rotatable bonds is 4. The predicted octanol–water partition coefficient (Wildman–Crippen LogP) is 3.34. The van der Waals surface area contributed by atoms with E-state index in [0.29, 0.717) is 17.9 Å². The molecule has 0 aliphatic rings. The van der Waals surface area contributed by atoms with Crippen molar-refractivity contribution >= 4 is 41.1 Å². The molecule has 0 bridgehead atoms. The lowest BCUT2D eigenvalue weighted by atomic mass is 10.3. The first kappa shape index (κ1) is 15.0. The summed E-state index contributed by atoms with van der Waals surface area (Å²) in [6.45, 7) is 2.02. The molecular weight excluding hydrogens is 327 g/mol. The molecule has 1 heterocycles. The molecule has 0 aliphatic carbocycles. The van der Waals surface area contributed by atoms with Gasteiger partial charge < -0.3 is 4.74 Å². The van der Waals surface area contributed by atoms with Gasteiger partial charge in [0, 0.05) is 5.02 Å². The minimum atomic E-state index is -0.602. The predicted molar refractivity (Wildman–Crippen MR) is 78.0 cm³/mol. The monoisotopic (exact) mass is 334 g/mol. The summed E-state index contributed by atoms with van der Waals surface area (Å²) >= 11 is 17.9. The Hall–Kier alpha value is -1.43. The van der Waals surface area contributed by atoms with Gasteiger partial charge in [-0.25, -0.2) is 4.68 Å². The molecule has 0 atom stereocenters. The van der Waals surface area contributed by atoms with Crippen LogP contribution in [0.3, 0.4) is 0 Å². The highest BCUT2D eigenvalue weighted by Crippen LogP contribution is 2.31. The SMILES string of the molecule is CCOc1[nH]n(-c2c(Cl)cc(Cl)cc2Cl)c(=O)c1C=O. The van der Waals surface area contributed by atoms with Crippen molar-refractivity contribution in [3.05, 3.63) is 43.1 Å². The van der Waals surface area contributed by atoms with Crippen LogP contribution in [0.25, 0.3) is 5.69 Å². The van der Waals surface area contributed by atoms with Crippen molar-refractivity contribution in [1.29, 1.82) is 0 Å². The van der Waals surface area contributed by atoms with Crippen LogP contribution in [0.4, 0.5) is 0 Å². The molecule has 0 aliphatic heterocycles. The zero-order chi connectivity index (χ0) is 14.9. The smallest absolute Gasteiger partial charge is 0.285 e. The van der Waals surface area contributed by atoms with E-state index in [0.717, 1.165) is 4.68 Å². The Balaban J connectivity index is 2.71. The molecule has 0 spiro atoms. The van der Waals surface area contributed by atoms with Crippen LogP contribution in [0.5, 0.6) is 5.88 Å². The van der Waals surface area contributed by atoms with Crippen LogP contribution >= 0.6 is 34.8 Å². The molecule has 1 aromatic carbocycles. The van der Waals surface area contributed by atoms with Gasteiger partial charge in [0.05, 0.1) is 16.7 Å². The molecule has 0 unspecified atom stereocenters. The number of aromatic amines is 1. The number of ether oxygens (including phenoxy) is 1. The zero-order valence-corrected chi connectivity index (χ0v) is 12.5. The second kappa shape index (κ2) is 5.91. The van der Waals surface area contributed by atoms with Crippen molar-refractivity contribution in [2.24, 2.45) is 0 Å². The molecule has 2 rings (SSSR count). The molecule has 20 heavy (non-hydrogen) atoms. The van der Waals surface area contributed by atoms with Gasteiger partial charge in [-0.05, 0) is 19.1 Å². The molecule has 0 fully saturated rings. The summed E-state index contributed by atoms with van der Waals surface area (Å²) in [5.41, 5.74) is -0.528. The lowest BCUT2D eigenvalue weighted by molar-refractivity contribution is 0.111. The Bertz CT molecular complexity index is 698. The van der Waals surface area contributed by atoms with Crippen LogP contribution in [0, 0.1) is 0 Å². The first-order valence-electron chi connectivity index (χ1n) is 5.57. The number of aldehydes is 1. The second-order valence-electron chi connectivity index (χ2n) is 3.76. The van der Waals surface area contributed by atoms with Crippen LogP contribution in [-0.4, -0.2) is 22.7 Å². The van der Waals surface area contributed by atoms with E-state index in [1.165, 1.54) is 12.1 Å². The van der Waals surface area contributed by atoms with Crippen LogP contribution in [0.1, 0.15) is 17.3 Å². The molecule has 5 nitrogen and oxygen atoms in total. The summed E-state index contributed by atoms with van der Waals surface area (Å²) in [5.74, 6) is 0.0644. The fourth-order valence-corrected chi connectivity index (χ4v) is 2.68. The van der Waals surface area contributed by atoms with Crippen molar-refractivity contribution in [2.45, 2.75) is 6.92 Å². The molecular formula is C12H9Cl3N2O3. The Morgan fingerprint density at radius 2 is 1.90 bits per heavy atom. The van der Waals surface area contributed by atoms with Crippen LogP contribution in [0.2, 0.25) is 15.1 Å². The van der Waals surface area contributed by atoms with Gasteiger partial charge in [-0.3, -0.25) is 14.7 Å². The van der Waals surface area contributed by atoms with Gasteiger partial charge in [0.15, 0.2) is 6.29 Å². The minimum absolute atomic E-state index is 0.0644. The molecule has 2 aromatic rings. The maximum Gasteiger partial charge on any atom is 0.285 e. The fourth-order valence-electron chi connectivity index (χ4n) is 1.69. The number of hydrogen-bond donors (Lipinski definition) is 1. The number of carbonyl (C=O) groups excluding carboxylic acids is 1. The molecule has 0 saturated heterocycles. The van der Waals surface area contributed by atoms with Gasteiger partial charge in [0.1, 0.15) is 11.3 Å². The third-order valence-corrected chi connectivity index (χ3v) is 3.30. The number of carbonyl (C=O) groups is 1. The maximum atomic E-state index is 12.2. The number of H-pyrrole nitrogens is 1. The Morgan fingerprint density at radius 3 is 2.40 bits per heavy atom. The average molecular weight is 336 g/mol. The van der Waals surface area contributed by atoms with E-state index < -0.39 is 5.56 Å². The van der Waals surface area contributed by atoms with E-state index in [1.54, 1.807) is 6.92 Å². The number of nitrogens with zero attached hydrogens (tertiary/aromatic N) is 1. The third kappa shape index (κ3) is 2.57. The van der Waals surface area contributed by atoms with Crippen LogP contribution < -0.4 is 10.3 Å². The normalized spacial score (nSPS) is 10.6. The first-order chi connectivity index (χ1) is 9.49. The van der Waals surface area contributed by atoms with E-state index in [-0.39, 0.29) is 27.2 Å². The van der Waals surface area contributed by atoms with Gasteiger partial charge in [-0.1, -0.05) is 34.8 Å². The molecule has 106 valence electrons. The third-order valence-electron chi connectivity index (χ3n) is 2.50. The van der Waals surface area contributed by atoms with Gasteiger partial charge in [0.25, 0.3) is 5.56 Å². The summed E-state index contributed by atoms with van der Waals surface area (Å²) in [6, 6.07) is 2.89. The standard InChI is InChI=1S/C12H9Cl3N2O3/c1-2-20-11-7(5-18)12(19)17(16-11)10-8(14)3-6(13)4-9(10)15/h3-5,16H,2H2,1H3. The largest absolute Gasteiger partial charge is 0.478 e. The van der Waals surface area contributed by atoms with Crippen molar-refractivity contribution in [3.8, 4) is 11.6 Å². The van der Waals surface area contributed by atoms with Crippen molar-refractivity contribution in [3.63, 3.8) is 0 Å². The van der Waals surface area contributed by atoms with E-state index in [4.69, 9.17) is 39.5 Å². The van der Waals surface area contributed by atoms with Crippen molar-refractivity contribution in [1.82, 2.24) is 9.78 Å². The Labute approximate surface area is 129 Å². The Morgan fingerprint density at radius 1 is 1.30 bits per heavy atom. The summed E-state index contributed by atoms with van der Waals surface area (Å²) in [6.07, 6.45) is 0.415. The topological polar surface area (TPSA) is 64.1 Å². The van der Waals surface area contributed by atoms with Gasteiger partial charge >= 0.3 is 0 Å². The number of halogens is 3. The number of hydrogen-bond acceptors (Lipinski definition) is 3. The summed E-state index contributed by atoms with van der Waals surface area (Å²) in [5, 5.41) is 3.34. The van der Waals surface area contributed by atoms with Crippen molar-refractivity contribution in [2.75, 3.05) is 6.61 Å². The fraction of sp³-hybridized carbons (Fsp3) is 0.167. The van der Waals surface area contributed by atoms with Gasteiger partial charge in [-0.15, -0.1) is 0 Å². The van der Waals surface area contributed by atoms with E-state index >= 15 is 0 Å². The molecule has 0 radical (unpaired) electrons. The second-order valence-corrected chi connectivity index (χ2v) is 5.01. The number of nitrogens with one attached hydrogen (secondary N) is 1. The molecule has 1 aromatic heterocycles. The Kier molecular flexibility index (Phi) is 4.42. The lowest BCUT2D eigenvalue weighted by Crippen LogP contribution is -2.17. The van der Waals surface area contributed by atoms with E-state index in [9.17, 15) is 9.59 Å². The highest BCUT2D eigenvalue weighted by molar-refractivity contribution is 6.40. The molecule has 0 saturated carbocycles. The quantitative estimate of drug-likeness (QED) is 0.872. The number of benzene rings is 1. The average Bonchev–Trinajstić information content (AvgIpc) is 2.65. The van der Waals surface area contributed by atoms with Gasteiger partial charge in [-0.2, -0.15) is 0 Å². The van der Waals surface area contributed by atoms with Crippen molar-refractivity contribution < 1.29 is 9.53 Å². The number of aromatic nitrogens is 2. The van der Waals surface area contributed by atoms with Gasteiger partial charge in [0.2, 0.25) is 5.88 Å². The zero-order valence-electron chi connectivity index (χ0n) is 10.2. The highest BCUT2D eigenvalue weighted by Gasteiger charge is 2.19. The summed E-state index contributed by atoms with van der Waals surface area (Å²) in [4.78, 5) is 23.1. The maximum absolute atomic E-state index is 12.2. The summed E-state index contributed by atoms with van der Waals surface area (Å²) in [7, 11) is 0. The van der Waals surface area contributed by atoms with E-state index in [1.807, 2.05) is 0 Å². The molecule has 8 heteroatoms. The molecule has 0 amide bonds. The highest BCUT2D eigenvalue weighted by atomic mass is 35.5. The van der Waals surface area contributed by atoms with E-state index in [2.05, 4.69) is 5.10 Å². The van der Waals surface area contributed by atoms with Crippen LogP contribution in [0.15, 0.2) is 16.9 Å². The molecule has 1 N–H and O–H groups in total. The summed E-state index contributed by atoms with van der Waals surface area (Å²) < 4.78 is 6.25. The first-order valence-corrected chi connectivity index (χ1v) is 6.70. The minimum Gasteiger partial charge on any atom is -0.478 e. The lowest BCUT2D eigenvalue weighted by Gasteiger charge is -2.07. The van der Waals surface area contributed by atoms with Crippen LogP contribution in [-0.2, 0) is 0 Å².